The summed E-state index contributed by atoms with van der Waals surface area (Å²) < 4.78 is 23.7. The van der Waals surface area contributed by atoms with Gasteiger partial charge >= 0.3 is 11.9 Å². The molecule has 0 atom stereocenters. The summed E-state index contributed by atoms with van der Waals surface area (Å²) in [5.74, 6) is -1.03. The first-order valence-electron chi connectivity index (χ1n) is 7.31. The molecule has 0 unspecified atom stereocenters. The summed E-state index contributed by atoms with van der Waals surface area (Å²) in [5, 5.41) is 0. The Bertz CT molecular complexity index is 741. The van der Waals surface area contributed by atoms with Gasteiger partial charge in [0, 0.05) is 0 Å². The fourth-order valence-electron chi connectivity index (χ4n) is 1.78. The average molecular weight is 395 g/mol. The molecule has 0 amide bonds. The highest BCUT2D eigenvalue weighted by molar-refractivity contribution is 9.10. The van der Waals surface area contributed by atoms with Crippen molar-refractivity contribution in [2.24, 2.45) is 5.92 Å². The lowest BCUT2D eigenvalue weighted by atomic mass is 10.1. The predicted molar refractivity (Wildman–Crippen MR) is 90.6 cm³/mol. The van der Waals surface area contributed by atoms with Gasteiger partial charge in [0.05, 0.1) is 22.2 Å². The van der Waals surface area contributed by atoms with Gasteiger partial charge in [0.1, 0.15) is 11.6 Å². The molecule has 0 N–H and O–H groups in total. The Morgan fingerprint density at radius 3 is 2.17 bits per heavy atom. The van der Waals surface area contributed by atoms with E-state index in [0.717, 1.165) is 0 Å². The van der Waals surface area contributed by atoms with Crippen LogP contribution in [0.3, 0.4) is 0 Å². The van der Waals surface area contributed by atoms with Crippen molar-refractivity contribution in [3.63, 3.8) is 0 Å². The molecule has 0 fully saturated rings. The van der Waals surface area contributed by atoms with Crippen LogP contribution < -0.4 is 4.74 Å². The molecule has 2 aromatic carbocycles. The molecule has 0 radical (unpaired) electrons. The molecule has 0 aliphatic heterocycles. The number of ether oxygens (including phenoxy) is 2. The maximum absolute atomic E-state index is 13.0. The highest BCUT2D eigenvalue weighted by Gasteiger charge is 2.13. The third-order valence-corrected chi connectivity index (χ3v) is 3.62. The molecule has 6 heteroatoms. The standard InChI is InChI=1S/C18H16BrFO4/c1-11(2)10-23-17(21)12-3-5-13(6-4-12)18(22)24-16-8-7-14(20)9-15(16)19/h3-9,11H,10H2,1-2H3. The SMILES string of the molecule is CC(C)COC(=O)c1ccc(C(=O)Oc2ccc(F)cc2Br)cc1. The van der Waals surface area contributed by atoms with Crippen molar-refractivity contribution in [1.82, 2.24) is 0 Å². The van der Waals surface area contributed by atoms with Crippen LogP contribution in [0.1, 0.15) is 34.6 Å². The van der Waals surface area contributed by atoms with Crippen molar-refractivity contribution in [2.45, 2.75) is 13.8 Å². The summed E-state index contributed by atoms with van der Waals surface area (Å²) in [6.45, 7) is 4.22. The van der Waals surface area contributed by atoms with E-state index in [0.29, 0.717) is 16.6 Å². The topological polar surface area (TPSA) is 52.6 Å². The van der Waals surface area contributed by atoms with E-state index >= 15 is 0 Å². The summed E-state index contributed by atoms with van der Waals surface area (Å²) >= 11 is 3.13. The third kappa shape index (κ3) is 4.89. The van der Waals surface area contributed by atoms with Crippen molar-refractivity contribution in [1.29, 1.82) is 0 Å². The minimum Gasteiger partial charge on any atom is -0.462 e. The number of carbonyl (C=O) groups is 2. The molecule has 0 aliphatic carbocycles. The smallest absolute Gasteiger partial charge is 0.343 e. The number of rotatable bonds is 5. The fourth-order valence-corrected chi connectivity index (χ4v) is 2.22. The van der Waals surface area contributed by atoms with Gasteiger partial charge in [0.25, 0.3) is 0 Å². The van der Waals surface area contributed by atoms with Gasteiger partial charge in [-0.1, -0.05) is 13.8 Å². The second kappa shape index (κ2) is 8.06. The van der Waals surface area contributed by atoms with Crippen LogP contribution in [0, 0.1) is 11.7 Å². The maximum atomic E-state index is 13.0. The number of benzene rings is 2. The molecule has 2 rings (SSSR count). The summed E-state index contributed by atoms with van der Waals surface area (Å²) in [6.07, 6.45) is 0. The van der Waals surface area contributed by atoms with E-state index in [2.05, 4.69) is 15.9 Å². The van der Waals surface area contributed by atoms with E-state index in [1.54, 1.807) is 0 Å². The van der Waals surface area contributed by atoms with Crippen LogP contribution in [0.4, 0.5) is 4.39 Å². The van der Waals surface area contributed by atoms with Crippen LogP contribution in [0.25, 0.3) is 0 Å². The zero-order valence-electron chi connectivity index (χ0n) is 13.2. The molecular weight excluding hydrogens is 379 g/mol. The van der Waals surface area contributed by atoms with Gasteiger partial charge in [-0.05, 0) is 64.3 Å². The minimum atomic E-state index is -0.607. The van der Waals surface area contributed by atoms with Gasteiger partial charge in [-0.15, -0.1) is 0 Å². The number of carbonyl (C=O) groups excluding carboxylic acids is 2. The number of hydrogen-bond donors (Lipinski definition) is 0. The molecule has 0 aromatic heterocycles. The lowest BCUT2D eigenvalue weighted by molar-refractivity contribution is 0.0458. The molecule has 24 heavy (non-hydrogen) atoms. The van der Waals surface area contributed by atoms with E-state index in [4.69, 9.17) is 9.47 Å². The zero-order valence-corrected chi connectivity index (χ0v) is 14.8. The molecule has 0 heterocycles. The normalized spacial score (nSPS) is 10.5. The molecule has 0 bridgehead atoms. The van der Waals surface area contributed by atoms with Crippen molar-refractivity contribution < 1.29 is 23.5 Å². The van der Waals surface area contributed by atoms with E-state index in [1.807, 2.05) is 13.8 Å². The van der Waals surface area contributed by atoms with Crippen LogP contribution in [0.15, 0.2) is 46.9 Å². The van der Waals surface area contributed by atoms with Gasteiger partial charge in [0.2, 0.25) is 0 Å². The summed E-state index contributed by atoms with van der Waals surface area (Å²) in [5.41, 5.74) is 0.627. The van der Waals surface area contributed by atoms with Crippen LogP contribution in [-0.2, 0) is 4.74 Å². The Morgan fingerprint density at radius 2 is 1.62 bits per heavy atom. The Hall–Kier alpha value is -2.21. The number of esters is 2. The molecule has 126 valence electrons. The van der Waals surface area contributed by atoms with Crippen molar-refractivity contribution in [3.05, 3.63) is 63.9 Å². The Balaban J connectivity index is 2.04. The Kier molecular flexibility index (Phi) is 6.09. The van der Waals surface area contributed by atoms with E-state index in [9.17, 15) is 14.0 Å². The molecule has 0 spiro atoms. The van der Waals surface area contributed by atoms with Gasteiger partial charge in [-0.2, -0.15) is 0 Å². The van der Waals surface area contributed by atoms with Gasteiger partial charge in [-0.25, -0.2) is 14.0 Å². The highest BCUT2D eigenvalue weighted by atomic mass is 79.9. The Morgan fingerprint density at radius 1 is 1.04 bits per heavy atom. The second-order valence-electron chi connectivity index (χ2n) is 5.53. The summed E-state index contributed by atoms with van der Waals surface area (Å²) in [6, 6.07) is 9.71. The van der Waals surface area contributed by atoms with Crippen LogP contribution in [0.5, 0.6) is 5.75 Å². The van der Waals surface area contributed by atoms with Crippen LogP contribution in [0.2, 0.25) is 0 Å². The molecule has 0 saturated heterocycles. The van der Waals surface area contributed by atoms with Crippen molar-refractivity contribution >= 4 is 27.9 Å². The zero-order chi connectivity index (χ0) is 17.7. The average Bonchev–Trinajstić information content (AvgIpc) is 2.55. The van der Waals surface area contributed by atoms with Crippen molar-refractivity contribution in [2.75, 3.05) is 6.61 Å². The monoisotopic (exact) mass is 394 g/mol. The molecule has 0 aliphatic rings. The Labute approximate surface area is 147 Å². The first kappa shape index (κ1) is 18.1. The van der Waals surface area contributed by atoms with E-state index < -0.39 is 17.8 Å². The number of hydrogen-bond acceptors (Lipinski definition) is 4. The molecule has 2 aromatic rings. The number of halogens is 2. The predicted octanol–water partition coefficient (Wildman–Crippen LogP) is 4.62. The van der Waals surface area contributed by atoms with Gasteiger partial charge in [0.15, 0.2) is 0 Å². The highest BCUT2D eigenvalue weighted by Crippen LogP contribution is 2.26. The van der Waals surface area contributed by atoms with Gasteiger partial charge < -0.3 is 9.47 Å². The van der Waals surface area contributed by atoms with E-state index in [-0.39, 0.29) is 17.2 Å². The summed E-state index contributed by atoms with van der Waals surface area (Å²) in [7, 11) is 0. The largest absolute Gasteiger partial charge is 0.462 e. The summed E-state index contributed by atoms with van der Waals surface area (Å²) in [4.78, 5) is 23.9. The van der Waals surface area contributed by atoms with Crippen molar-refractivity contribution in [3.8, 4) is 5.75 Å². The molecule has 0 saturated carbocycles. The maximum Gasteiger partial charge on any atom is 0.343 e. The third-order valence-electron chi connectivity index (χ3n) is 3.00. The quantitative estimate of drug-likeness (QED) is 0.548. The van der Waals surface area contributed by atoms with Crippen LogP contribution >= 0.6 is 15.9 Å². The first-order chi connectivity index (χ1) is 11.4. The molecular formula is C18H16BrFO4. The molecule has 4 nitrogen and oxygen atoms in total. The minimum absolute atomic E-state index is 0.210. The lowest BCUT2D eigenvalue weighted by Gasteiger charge is -2.08. The van der Waals surface area contributed by atoms with E-state index in [1.165, 1.54) is 42.5 Å². The lowest BCUT2D eigenvalue weighted by Crippen LogP contribution is -2.12. The first-order valence-corrected chi connectivity index (χ1v) is 8.10. The van der Waals surface area contributed by atoms with Gasteiger partial charge in [-0.3, -0.25) is 0 Å². The second-order valence-corrected chi connectivity index (χ2v) is 6.39. The van der Waals surface area contributed by atoms with Crippen LogP contribution in [-0.4, -0.2) is 18.5 Å². The fraction of sp³-hybridized carbons (Fsp3) is 0.222.